The molecule has 0 saturated carbocycles. The molecule has 0 bridgehead atoms. The van der Waals surface area contributed by atoms with Gasteiger partial charge in [-0.25, -0.2) is 9.97 Å². The van der Waals surface area contributed by atoms with Crippen molar-refractivity contribution >= 4 is 11.5 Å². The van der Waals surface area contributed by atoms with E-state index in [4.69, 9.17) is 10.5 Å². The maximum Gasteiger partial charge on any atom is 0.152 e. The fourth-order valence-electron chi connectivity index (χ4n) is 2.13. The molecule has 3 N–H and O–H groups in total. The smallest absolute Gasteiger partial charge is 0.152 e. The molecule has 1 heterocycles. The summed E-state index contributed by atoms with van der Waals surface area (Å²) < 4.78 is 5.29. The molecular formula is C15H21N5O. The molecule has 0 amide bonds. The molecule has 1 atom stereocenters. The summed E-state index contributed by atoms with van der Waals surface area (Å²) in [7, 11) is 5.74. The van der Waals surface area contributed by atoms with E-state index in [-0.39, 0.29) is 6.04 Å². The van der Waals surface area contributed by atoms with Gasteiger partial charge in [0.1, 0.15) is 12.1 Å². The van der Waals surface area contributed by atoms with Crippen molar-refractivity contribution in [2.75, 3.05) is 38.8 Å². The average molecular weight is 287 g/mol. The van der Waals surface area contributed by atoms with Crippen molar-refractivity contribution < 1.29 is 4.74 Å². The molecule has 6 nitrogen and oxygen atoms in total. The Morgan fingerprint density at radius 3 is 2.86 bits per heavy atom. The molecule has 0 saturated heterocycles. The van der Waals surface area contributed by atoms with E-state index in [1.165, 1.54) is 11.9 Å². The van der Waals surface area contributed by atoms with Crippen molar-refractivity contribution in [1.82, 2.24) is 14.9 Å². The lowest BCUT2D eigenvalue weighted by atomic mass is 10.1. The third kappa shape index (κ3) is 3.82. The summed E-state index contributed by atoms with van der Waals surface area (Å²) in [4.78, 5) is 10.2. The van der Waals surface area contributed by atoms with E-state index in [2.05, 4.69) is 26.3 Å². The second kappa shape index (κ2) is 6.90. The number of methoxy groups -OCH3 is 1. The summed E-state index contributed by atoms with van der Waals surface area (Å²) in [5.41, 5.74) is 7.55. The molecule has 1 aromatic heterocycles. The van der Waals surface area contributed by atoms with Gasteiger partial charge in [0.15, 0.2) is 5.82 Å². The molecule has 0 aliphatic rings. The van der Waals surface area contributed by atoms with Gasteiger partial charge in [-0.2, -0.15) is 0 Å². The zero-order chi connectivity index (χ0) is 15.2. The number of anilines is 2. The van der Waals surface area contributed by atoms with E-state index in [9.17, 15) is 0 Å². The third-order valence-electron chi connectivity index (χ3n) is 3.31. The highest BCUT2D eigenvalue weighted by Crippen LogP contribution is 2.23. The molecule has 2 aromatic rings. The van der Waals surface area contributed by atoms with Crippen molar-refractivity contribution in [3.05, 3.63) is 42.4 Å². The first-order valence-corrected chi connectivity index (χ1v) is 6.71. The molecule has 112 valence electrons. The highest BCUT2D eigenvalue weighted by molar-refractivity contribution is 5.59. The first kappa shape index (κ1) is 15.1. The van der Waals surface area contributed by atoms with Crippen LogP contribution in [-0.2, 0) is 0 Å². The number of hydrogen-bond donors (Lipinski definition) is 2. The maximum absolute atomic E-state index is 5.85. The van der Waals surface area contributed by atoms with Gasteiger partial charge in [-0.1, -0.05) is 12.1 Å². The maximum atomic E-state index is 5.85. The fourth-order valence-corrected chi connectivity index (χ4v) is 2.13. The summed E-state index contributed by atoms with van der Waals surface area (Å²) in [6.45, 7) is 0.682. The Bertz CT molecular complexity index is 588. The van der Waals surface area contributed by atoms with Gasteiger partial charge in [0.05, 0.1) is 25.0 Å². The molecule has 2 rings (SSSR count). The van der Waals surface area contributed by atoms with Gasteiger partial charge < -0.3 is 20.7 Å². The van der Waals surface area contributed by atoms with Crippen molar-refractivity contribution in [2.24, 2.45) is 0 Å². The van der Waals surface area contributed by atoms with Crippen LogP contribution in [0, 0.1) is 0 Å². The lowest BCUT2D eigenvalue weighted by Gasteiger charge is -2.25. The lowest BCUT2D eigenvalue weighted by molar-refractivity contribution is 0.310. The van der Waals surface area contributed by atoms with Crippen LogP contribution in [-0.4, -0.2) is 42.6 Å². The predicted octanol–water partition coefficient (Wildman–Crippen LogP) is 1.78. The Morgan fingerprint density at radius 1 is 1.38 bits per heavy atom. The first-order valence-electron chi connectivity index (χ1n) is 6.71. The highest BCUT2D eigenvalue weighted by Gasteiger charge is 2.15. The second-order valence-corrected chi connectivity index (χ2v) is 4.96. The first-order chi connectivity index (χ1) is 10.1. The van der Waals surface area contributed by atoms with E-state index in [1.54, 1.807) is 13.3 Å². The van der Waals surface area contributed by atoms with Gasteiger partial charge in [0.25, 0.3) is 0 Å². The van der Waals surface area contributed by atoms with E-state index >= 15 is 0 Å². The van der Waals surface area contributed by atoms with Crippen LogP contribution in [0.15, 0.2) is 36.8 Å². The molecule has 0 fully saturated rings. The van der Waals surface area contributed by atoms with Crippen LogP contribution in [0.5, 0.6) is 5.75 Å². The van der Waals surface area contributed by atoms with Crippen LogP contribution >= 0.6 is 0 Å². The zero-order valence-electron chi connectivity index (χ0n) is 12.6. The quantitative estimate of drug-likeness (QED) is 0.843. The molecule has 0 aliphatic carbocycles. The van der Waals surface area contributed by atoms with Gasteiger partial charge in [0.2, 0.25) is 0 Å². The topological polar surface area (TPSA) is 76.3 Å². The number of nitrogens with one attached hydrogen (secondary N) is 1. The van der Waals surface area contributed by atoms with E-state index in [0.29, 0.717) is 18.1 Å². The number of nitrogens with two attached hydrogens (primary N) is 1. The fraction of sp³-hybridized carbons (Fsp3) is 0.333. The van der Waals surface area contributed by atoms with Crippen LogP contribution in [0.4, 0.5) is 11.5 Å². The van der Waals surface area contributed by atoms with Gasteiger partial charge in [-0.15, -0.1) is 0 Å². The Kier molecular flexibility index (Phi) is 4.94. The van der Waals surface area contributed by atoms with Gasteiger partial charge in [0, 0.05) is 6.54 Å². The summed E-state index contributed by atoms with van der Waals surface area (Å²) >= 11 is 0. The molecule has 0 aliphatic heterocycles. The average Bonchev–Trinajstić information content (AvgIpc) is 2.49. The standard InChI is InChI=1S/C15H21N5O/c1-20(2)14(11-5-4-6-12(7-11)21-3)9-18-15-13(16)8-17-10-19-15/h4-8,10,14H,9,16H2,1-3H3,(H,17,18,19). The monoisotopic (exact) mass is 287 g/mol. The molecule has 21 heavy (non-hydrogen) atoms. The number of aromatic nitrogens is 2. The van der Waals surface area contributed by atoms with Gasteiger partial charge in [-0.05, 0) is 31.8 Å². The minimum absolute atomic E-state index is 0.175. The Morgan fingerprint density at radius 2 is 2.19 bits per heavy atom. The summed E-state index contributed by atoms with van der Waals surface area (Å²) in [6, 6.07) is 8.22. The van der Waals surface area contributed by atoms with E-state index in [1.807, 2.05) is 32.3 Å². The van der Waals surface area contributed by atoms with E-state index < -0.39 is 0 Å². The number of likely N-dealkylation sites (N-methyl/N-ethyl adjacent to an activating group) is 1. The molecular weight excluding hydrogens is 266 g/mol. The molecule has 0 spiro atoms. The number of hydrogen-bond acceptors (Lipinski definition) is 6. The largest absolute Gasteiger partial charge is 0.497 e. The van der Waals surface area contributed by atoms with Crippen molar-refractivity contribution in [2.45, 2.75) is 6.04 Å². The van der Waals surface area contributed by atoms with Crippen LogP contribution < -0.4 is 15.8 Å². The molecule has 6 heteroatoms. The summed E-state index contributed by atoms with van der Waals surface area (Å²) in [6.07, 6.45) is 3.07. The molecule has 1 unspecified atom stereocenters. The SMILES string of the molecule is COc1cccc(C(CNc2ncncc2N)N(C)C)c1. The Hall–Kier alpha value is -2.34. The Labute approximate surface area is 125 Å². The number of nitrogens with zero attached hydrogens (tertiary/aromatic N) is 3. The number of ether oxygens (including phenoxy) is 1. The van der Waals surface area contributed by atoms with Crippen molar-refractivity contribution in [1.29, 1.82) is 0 Å². The van der Waals surface area contributed by atoms with Crippen molar-refractivity contribution in [3.8, 4) is 5.75 Å². The highest BCUT2D eigenvalue weighted by atomic mass is 16.5. The van der Waals surface area contributed by atoms with E-state index in [0.717, 1.165) is 5.75 Å². The van der Waals surface area contributed by atoms with Crippen molar-refractivity contribution in [3.63, 3.8) is 0 Å². The number of rotatable bonds is 6. The third-order valence-corrected chi connectivity index (χ3v) is 3.31. The van der Waals surface area contributed by atoms with Gasteiger partial charge >= 0.3 is 0 Å². The zero-order valence-corrected chi connectivity index (χ0v) is 12.6. The summed E-state index contributed by atoms with van der Waals surface area (Å²) in [5.74, 6) is 1.50. The number of nitrogen functional groups attached to an aromatic ring is 1. The minimum Gasteiger partial charge on any atom is -0.497 e. The number of benzene rings is 1. The van der Waals surface area contributed by atoms with Gasteiger partial charge in [-0.3, -0.25) is 0 Å². The molecule has 0 radical (unpaired) electrons. The lowest BCUT2D eigenvalue weighted by Crippen LogP contribution is -2.27. The summed E-state index contributed by atoms with van der Waals surface area (Å²) in [5, 5.41) is 3.27. The van der Waals surface area contributed by atoms with Crippen LogP contribution in [0.2, 0.25) is 0 Å². The van der Waals surface area contributed by atoms with Crippen LogP contribution in [0.3, 0.4) is 0 Å². The predicted molar refractivity (Wildman–Crippen MR) is 84.4 cm³/mol. The second-order valence-electron chi connectivity index (χ2n) is 4.96. The van der Waals surface area contributed by atoms with Crippen LogP contribution in [0.1, 0.15) is 11.6 Å². The Balaban J connectivity index is 2.14. The molecule has 1 aromatic carbocycles. The normalized spacial score (nSPS) is 12.2. The minimum atomic E-state index is 0.175. The van der Waals surface area contributed by atoms with Crippen LogP contribution in [0.25, 0.3) is 0 Å².